The second-order valence-electron chi connectivity index (χ2n) is 4.22. The van der Waals surface area contributed by atoms with Crippen LogP contribution in [0.5, 0.6) is 0 Å². The number of rotatable bonds is 7. The Kier molecular flexibility index (Phi) is 7.47. The number of hydrogen-bond donors (Lipinski definition) is 2. The first-order chi connectivity index (χ1) is 9.15. The lowest BCUT2D eigenvalue weighted by molar-refractivity contribution is -0.120. The average molecular weight is 374 g/mol. The molecule has 0 aromatic heterocycles. The summed E-state index contributed by atoms with van der Waals surface area (Å²) in [5, 5.41) is 5.41. The van der Waals surface area contributed by atoms with Crippen molar-refractivity contribution in [3.8, 4) is 0 Å². The van der Waals surface area contributed by atoms with Crippen LogP contribution in [-0.2, 0) is 4.79 Å². The Balaban J connectivity index is 2.30. The highest BCUT2D eigenvalue weighted by molar-refractivity contribution is 14.1. The molecule has 0 unspecified atom stereocenters. The van der Waals surface area contributed by atoms with Gasteiger partial charge in [0.15, 0.2) is 0 Å². The molecule has 0 bridgehead atoms. The summed E-state index contributed by atoms with van der Waals surface area (Å²) >= 11 is 2.10. The minimum Gasteiger partial charge on any atom is -0.355 e. The molecule has 0 saturated heterocycles. The summed E-state index contributed by atoms with van der Waals surface area (Å²) in [6.07, 6.45) is 3.21. The predicted molar refractivity (Wildman–Crippen MR) is 84.0 cm³/mol. The van der Waals surface area contributed by atoms with Gasteiger partial charge >= 0.3 is 0 Å². The highest BCUT2D eigenvalue weighted by Gasteiger charge is 2.10. The van der Waals surface area contributed by atoms with Gasteiger partial charge in [0, 0.05) is 10.1 Å². The molecule has 2 amide bonds. The Morgan fingerprint density at radius 3 is 2.58 bits per heavy atom. The third-order valence-electron chi connectivity index (χ3n) is 2.63. The van der Waals surface area contributed by atoms with Gasteiger partial charge in [-0.05, 0) is 41.1 Å². The molecule has 19 heavy (non-hydrogen) atoms. The van der Waals surface area contributed by atoms with Gasteiger partial charge in [-0.2, -0.15) is 0 Å². The molecule has 0 aliphatic heterocycles. The van der Waals surface area contributed by atoms with Crippen molar-refractivity contribution in [3.05, 3.63) is 33.4 Å². The zero-order valence-electron chi connectivity index (χ0n) is 11.0. The number of carbonyl (C=O) groups is 2. The van der Waals surface area contributed by atoms with Crippen molar-refractivity contribution in [2.24, 2.45) is 0 Å². The monoisotopic (exact) mass is 374 g/mol. The molecule has 1 aromatic rings. The summed E-state index contributed by atoms with van der Waals surface area (Å²) in [5.74, 6) is -0.357. The van der Waals surface area contributed by atoms with Crippen molar-refractivity contribution in [3.63, 3.8) is 0 Å². The highest BCUT2D eigenvalue weighted by atomic mass is 127. The molecular weight excluding hydrogens is 355 g/mol. The molecule has 0 saturated carbocycles. The predicted octanol–water partition coefficient (Wildman–Crippen LogP) is 2.33. The third-order valence-corrected chi connectivity index (χ3v) is 3.57. The van der Waals surface area contributed by atoms with Crippen molar-refractivity contribution in [2.75, 3.05) is 13.1 Å². The van der Waals surface area contributed by atoms with E-state index >= 15 is 0 Å². The van der Waals surface area contributed by atoms with Crippen LogP contribution in [0, 0.1) is 3.57 Å². The maximum Gasteiger partial charge on any atom is 0.252 e. The van der Waals surface area contributed by atoms with Crippen LogP contribution >= 0.6 is 22.6 Å². The average Bonchev–Trinajstić information content (AvgIpc) is 2.41. The fourth-order valence-electron chi connectivity index (χ4n) is 1.57. The zero-order chi connectivity index (χ0) is 14.1. The maximum atomic E-state index is 11.9. The minimum absolute atomic E-state index is 0.0237. The van der Waals surface area contributed by atoms with Crippen molar-refractivity contribution < 1.29 is 9.59 Å². The van der Waals surface area contributed by atoms with Gasteiger partial charge in [-0.25, -0.2) is 0 Å². The Bertz CT molecular complexity index is 435. The van der Waals surface area contributed by atoms with Gasteiger partial charge in [0.25, 0.3) is 5.91 Å². The Morgan fingerprint density at radius 1 is 1.16 bits per heavy atom. The van der Waals surface area contributed by atoms with Crippen LogP contribution in [0.25, 0.3) is 0 Å². The summed E-state index contributed by atoms with van der Waals surface area (Å²) in [5.41, 5.74) is 0.599. The molecular formula is C14H19IN2O2. The summed E-state index contributed by atoms with van der Waals surface area (Å²) < 4.78 is 0.876. The van der Waals surface area contributed by atoms with Crippen LogP contribution < -0.4 is 10.6 Å². The second kappa shape index (κ2) is 8.90. The molecule has 1 rings (SSSR count). The van der Waals surface area contributed by atoms with Crippen molar-refractivity contribution in [2.45, 2.75) is 26.2 Å². The first-order valence-corrected chi connectivity index (χ1v) is 7.52. The maximum absolute atomic E-state index is 11.9. The van der Waals surface area contributed by atoms with Crippen LogP contribution in [0.1, 0.15) is 36.5 Å². The first kappa shape index (κ1) is 15.9. The van der Waals surface area contributed by atoms with Crippen LogP contribution in [0.3, 0.4) is 0 Å². The fourth-order valence-corrected chi connectivity index (χ4v) is 2.20. The lowest BCUT2D eigenvalue weighted by atomic mass is 10.2. The molecule has 0 heterocycles. The van der Waals surface area contributed by atoms with E-state index in [1.54, 1.807) is 6.07 Å². The van der Waals surface area contributed by atoms with E-state index in [0.29, 0.717) is 12.1 Å². The van der Waals surface area contributed by atoms with E-state index < -0.39 is 0 Å². The molecule has 0 atom stereocenters. The number of carbonyl (C=O) groups excluding carboxylic acids is 2. The summed E-state index contributed by atoms with van der Waals surface area (Å²) in [4.78, 5) is 23.3. The van der Waals surface area contributed by atoms with Gasteiger partial charge < -0.3 is 10.6 Å². The molecule has 0 fully saturated rings. The van der Waals surface area contributed by atoms with Crippen LogP contribution in [0.15, 0.2) is 24.3 Å². The lowest BCUT2D eigenvalue weighted by Gasteiger charge is -2.07. The Hall–Kier alpha value is -1.11. The standard InChI is InChI=1S/C14H19IN2O2/c1-2-3-6-9-16-13(18)10-17-14(19)11-7-4-5-8-12(11)15/h4-5,7-8H,2-3,6,9-10H2,1H3,(H,16,18)(H,17,19). The summed E-state index contributed by atoms with van der Waals surface area (Å²) in [6, 6.07) is 7.29. The number of halogens is 1. The fraction of sp³-hybridized carbons (Fsp3) is 0.429. The van der Waals surface area contributed by atoms with Gasteiger partial charge in [-0.15, -0.1) is 0 Å². The molecule has 2 N–H and O–H groups in total. The zero-order valence-corrected chi connectivity index (χ0v) is 13.2. The second-order valence-corrected chi connectivity index (χ2v) is 5.38. The normalized spacial score (nSPS) is 10.0. The van der Waals surface area contributed by atoms with Crippen LogP contribution in [0.4, 0.5) is 0 Å². The van der Waals surface area contributed by atoms with Gasteiger partial charge in [0.1, 0.15) is 0 Å². The van der Waals surface area contributed by atoms with Gasteiger partial charge in [-0.3, -0.25) is 9.59 Å². The van der Waals surface area contributed by atoms with E-state index in [-0.39, 0.29) is 18.4 Å². The van der Waals surface area contributed by atoms with E-state index in [1.807, 2.05) is 18.2 Å². The smallest absolute Gasteiger partial charge is 0.252 e. The number of nitrogens with one attached hydrogen (secondary N) is 2. The number of amides is 2. The lowest BCUT2D eigenvalue weighted by Crippen LogP contribution is -2.37. The number of unbranched alkanes of at least 4 members (excludes halogenated alkanes) is 2. The molecule has 104 valence electrons. The molecule has 1 aromatic carbocycles. The van der Waals surface area contributed by atoms with E-state index in [0.717, 1.165) is 22.8 Å². The van der Waals surface area contributed by atoms with Crippen LogP contribution in [0.2, 0.25) is 0 Å². The van der Waals surface area contributed by atoms with E-state index in [4.69, 9.17) is 0 Å². The molecule has 5 heteroatoms. The summed E-state index contributed by atoms with van der Waals surface area (Å²) in [7, 11) is 0. The molecule has 0 aliphatic carbocycles. The van der Waals surface area contributed by atoms with Gasteiger partial charge in [0.2, 0.25) is 5.91 Å². The molecule has 0 radical (unpaired) electrons. The third kappa shape index (κ3) is 6.04. The molecule has 0 aliphatic rings. The first-order valence-electron chi connectivity index (χ1n) is 6.44. The SMILES string of the molecule is CCCCCNC(=O)CNC(=O)c1ccccc1I. The molecule has 4 nitrogen and oxygen atoms in total. The molecule has 0 spiro atoms. The summed E-state index contributed by atoms with van der Waals surface area (Å²) in [6.45, 7) is 2.81. The van der Waals surface area contributed by atoms with Crippen LogP contribution in [-0.4, -0.2) is 24.9 Å². The van der Waals surface area contributed by atoms with Crippen molar-refractivity contribution in [1.29, 1.82) is 0 Å². The quantitative estimate of drug-likeness (QED) is 0.569. The Labute approximate surface area is 127 Å². The Morgan fingerprint density at radius 2 is 1.89 bits per heavy atom. The van der Waals surface area contributed by atoms with Gasteiger partial charge in [0.05, 0.1) is 12.1 Å². The minimum atomic E-state index is -0.214. The van der Waals surface area contributed by atoms with Crippen molar-refractivity contribution in [1.82, 2.24) is 10.6 Å². The van der Waals surface area contributed by atoms with E-state index in [9.17, 15) is 9.59 Å². The number of hydrogen-bond acceptors (Lipinski definition) is 2. The number of benzene rings is 1. The van der Waals surface area contributed by atoms with E-state index in [1.165, 1.54) is 0 Å². The topological polar surface area (TPSA) is 58.2 Å². The van der Waals surface area contributed by atoms with E-state index in [2.05, 4.69) is 40.1 Å². The highest BCUT2D eigenvalue weighted by Crippen LogP contribution is 2.10. The van der Waals surface area contributed by atoms with Crippen molar-refractivity contribution >= 4 is 34.4 Å². The van der Waals surface area contributed by atoms with Gasteiger partial charge in [-0.1, -0.05) is 31.9 Å². The largest absolute Gasteiger partial charge is 0.355 e.